The molecule has 0 aliphatic carbocycles. The number of ether oxygens (including phenoxy) is 1. The van der Waals surface area contributed by atoms with Crippen LogP contribution in [-0.4, -0.2) is 36.7 Å². The third kappa shape index (κ3) is 4.24. The van der Waals surface area contributed by atoms with Crippen molar-refractivity contribution in [3.63, 3.8) is 0 Å². The average molecular weight is 265 g/mol. The lowest BCUT2D eigenvalue weighted by Gasteiger charge is -2.29. The summed E-state index contributed by atoms with van der Waals surface area (Å²) in [5, 5.41) is 9.27. The van der Waals surface area contributed by atoms with E-state index in [4.69, 9.17) is 4.74 Å². The van der Waals surface area contributed by atoms with Crippen molar-refractivity contribution < 1.29 is 14.6 Å². The zero-order chi connectivity index (χ0) is 14.5. The van der Waals surface area contributed by atoms with Gasteiger partial charge in [-0.25, -0.2) is 0 Å². The van der Waals surface area contributed by atoms with Gasteiger partial charge in [0.2, 0.25) is 0 Å². The minimum Gasteiger partial charge on any atom is -0.497 e. The molecule has 0 radical (unpaired) electrons. The Kier molecular flexibility index (Phi) is 5.36. The number of carboxylic acids is 1. The lowest BCUT2D eigenvalue weighted by Crippen LogP contribution is -2.38. The van der Waals surface area contributed by atoms with Crippen LogP contribution in [0.1, 0.15) is 25.8 Å². The molecular formula is C15H23NO3. The number of hydrogen-bond acceptors (Lipinski definition) is 3. The highest BCUT2D eigenvalue weighted by molar-refractivity contribution is 5.74. The fourth-order valence-corrected chi connectivity index (χ4v) is 2.02. The number of rotatable bonds is 7. The molecule has 4 heteroatoms. The van der Waals surface area contributed by atoms with Gasteiger partial charge in [-0.2, -0.15) is 0 Å². The lowest BCUT2D eigenvalue weighted by molar-refractivity contribution is -0.149. The van der Waals surface area contributed by atoms with Gasteiger partial charge in [-0.3, -0.25) is 4.79 Å². The first kappa shape index (κ1) is 15.5. The van der Waals surface area contributed by atoms with Crippen molar-refractivity contribution >= 4 is 5.97 Å². The maximum Gasteiger partial charge on any atom is 0.310 e. The molecule has 106 valence electrons. The Labute approximate surface area is 115 Å². The predicted molar refractivity (Wildman–Crippen MR) is 75.4 cm³/mol. The molecule has 1 aromatic rings. The van der Waals surface area contributed by atoms with Crippen molar-refractivity contribution in [2.45, 2.75) is 26.8 Å². The van der Waals surface area contributed by atoms with E-state index in [9.17, 15) is 9.90 Å². The van der Waals surface area contributed by atoms with Crippen molar-refractivity contribution in [2.24, 2.45) is 5.41 Å². The van der Waals surface area contributed by atoms with Gasteiger partial charge in [-0.1, -0.05) is 19.1 Å². The van der Waals surface area contributed by atoms with Gasteiger partial charge < -0.3 is 14.7 Å². The van der Waals surface area contributed by atoms with E-state index in [0.29, 0.717) is 13.0 Å². The molecule has 0 saturated carbocycles. The van der Waals surface area contributed by atoms with Gasteiger partial charge in [0.05, 0.1) is 12.5 Å². The van der Waals surface area contributed by atoms with Crippen molar-refractivity contribution in [2.75, 3.05) is 20.7 Å². The van der Waals surface area contributed by atoms with Gasteiger partial charge in [0, 0.05) is 13.1 Å². The molecule has 0 aromatic heterocycles. The van der Waals surface area contributed by atoms with Crippen LogP contribution >= 0.6 is 0 Å². The number of benzene rings is 1. The third-order valence-electron chi connectivity index (χ3n) is 3.53. The molecular weight excluding hydrogens is 242 g/mol. The first-order valence-electron chi connectivity index (χ1n) is 6.46. The molecule has 1 atom stereocenters. The number of nitrogens with zero attached hydrogens (tertiary/aromatic N) is 1. The minimum atomic E-state index is -0.739. The smallest absolute Gasteiger partial charge is 0.310 e. The molecule has 1 aromatic carbocycles. The van der Waals surface area contributed by atoms with E-state index >= 15 is 0 Å². The van der Waals surface area contributed by atoms with E-state index in [2.05, 4.69) is 0 Å². The fourth-order valence-electron chi connectivity index (χ4n) is 2.02. The predicted octanol–water partition coefficient (Wildman–Crippen LogP) is 2.63. The van der Waals surface area contributed by atoms with E-state index in [0.717, 1.165) is 17.9 Å². The van der Waals surface area contributed by atoms with E-state index in [1.165, 1.54) is 0 Å². The van der Waals surface area contributed by atoms with E-state index in [1.54, 1.807) is 14.0 Å². The summed E-state index contributed by atoms with van der Waals surface area (Å²) in [6, 6.07) is 7.83. The van der Waals surface area contributed by atoms with Crippen LogP contribution in [0.25, 0.3) is 0 Å². The van der Waals surface area contributed by atoms with E-state index in [1.807, 2.05) is 43.1 Å². The lowest BCUT2D eigenvalue weighted by atomic mass is 9.87. The van der Waals surface area contributed by atoms with Gasteiger partial charge in [0.25, 0.3) is 0 Å². The number of aliphatic carboxylic acids is 1. The maximum atomic E-state index is 11.3. The summed E-state index contributed by atoms with van der Waals surface area (Å²) in [5.74, 6) is 0.0897. The molecule has 0 saturated heterocycles. The molecule has 0 heterocycles. The summed E-state index contributed by atoms with van der Waals surface area (Å²) in [6.07, 6.45) is 0.620. The molecule has 0 fully saturated rings. The minimum absolute atomic E-state index is 0.533. The number of methoxy groups -OCH3 is 1. The largest absolute Gasteiger partial charge is 0.497 e. The highest BCUT2D eigenvalue weighted by Crippen LogP contribution is 2.23. The summed E-state index contributed by atoms with van der Waals surface area (Å²) in [6.45, 7) is 4.97. The Morgan fingerprint density at radius 1 is 1.37 bits per heavy atom. The van der Waals surface area contributed by atoms with Gasteiger partial charge >= 0.3 is 5.97 Å². The van der Waals surface area contributed by atoms with Crippen molar-refractivity contribution in [3.8, 4) is 5.75 Å². The van der Waals surface area contributed by atoms with Crippen molar-refractivity contribution in [1.82, 2.24) is 4.90 Å². The highest BCUT2D eigenvalue weighted by Gasteiger charge is 2.32. The van der Waals surface area contributed by atoms with Crippen LogP contribution in [0.2, 0.25) is 0 Å². The number of carbonyl (C=O) groups is 1. The second-order valence-electron chi connectivity index (χ2n) is 5.24. The third-order valence-corrected chi connectivity index (χ3v) is 3.53. The molecule has 0 spiro atoms. The normalized spacial score (nSPS) is 14.2. The average Bonchev–Trinajstić information content (AvgIpc) is 2.39. The van der Waals surface area contributed by atoms with Crippen LogP contribution < -0.4 is 4.74 Å². The molecule has 1 rings (SSSR count). The quantitative estimate of drug-likeness (QED) is 0.823. The maximum absolute atomic E-state index is 11.3. The summed E-state index contributed by atoms with van der Waals surface area (Å²) < 4.78 is 5.11. The Bertz CT molecular complexity index is 416. The SMILES string of the molecule is CCC(C)(CN(C)Cc1ccc(OC)cc1)C(=O)O. The second kappa shape index (κ2) is 6.57. The van der Waals surface area contributed by atoms with Crippen LogP contribution in [0.5, 0.6) is 5.75 Å². The van der Waals surface area contributed by atoms with E-state index in [-0.39, 0.29) is 0 Å². The fraction of sp³-hybridized carbons (Fsp3) is 0.533. The van der Waals surface area contributed by atoms with Gasteiger partial charge in [-0.05, 0) is 38.1 Å². The molecule has 0 aliphatic rings. The number of carboxylic acid groups (broad SMARTS) is 1. The standard InChI is InChI=1S/C15H23NO3/c1-5-15(2,14(17)18)11-16(3)10-12-6-8-13(19-4)9-7-12/h6-9H,5,10-11H2,1-4H3,(H,17,18). The molecule has 0 amide bonds. The first-order valence-corrected chi connectivity index (χ1v) is 6.46. The van der Waals surface area contributed by atoms with Gasteiger partial charge in [-0.15, -0.1) is 0 Å². The van der Waals surface area contributed by atoms with Gasteiger partial charge in [0.15, 0.2) is 0 Å². The van der Waals surface area contributed by atoms with E-state index < -0.39 is 11.4 Å². The molecule has 4 nitrogen and oxygen atoms in total. The topological polar surface area (TPSA) is 49.8 Å². The first-order chi connectivity index (χ1) is 8.91. The van der Waals surface area contributed by atoms with Crippen molar-refractivity contribution in [3.05, 3.63) is 29.8 Å². The number of hydrogen-bond donors (Lipinski definition) is 1. The Balaban J connectivity index is 2.63. The highest BCUT2D eigenvalue weighted by atomic mass is 16.5. The summed E-state index contributed by atoms with van der Waals surface area (Å²) >= 11 is 0. The summed E-state index contributed by atoms with van der Waals surface area (Å²) in [5.41, 5.74) is 0.452. The van der Waals surface area contributed by atoms with Crippen LogP contribution in [0.4, 0.5) is 0 Å². The molecule has 1 N–H and O–H groups in total. The van der Waals surface area contributed by atoms with Crippen LogP contribution in [0.3, 0.4) is 0 Å². The Morgan fingerprint density at radius 3 is 2.37 bits per heavy atom. The van der Waals surface area contributed by atoms with Gasteiger partial charge in [0.1, 0.15) is 5.75 Å². The second-order valence-corrected chi connectivity index (χ2v) is 5.24. The van der Waals surface area contributed by atoms with Crippen molar-refractivity contribution in [1.29, 1.82) is 0 Å². The Morgan fingerprint density at radius 2 is 1.95 bits per heavy atom. The zero-order valence-corrected chi connectivity index (χ0v) is 12.1. The molecule has 0 aliphatic heterocycles. The molecule has 0 bridgehead atoms. The van der Waals surface area contributed by atoms with Crippen LogP contribution in [-0.2, 0) is 11.3 Å². The van der Waals surface area contributed by atoms with Crippen LogP contribution in [0, 0.1) is 5.41 Å². The molecule has 1 unspecified atom stereocenters. The zero-order valence-electron chi connectivity index (χ0n) is 12.1. The van der Waals surface area contributed by atoms with Crippen LogP contribution in [0.15, 0.2) is 24.3 Å². The Hall–Kier alpha value is -1.55. The molecule has 19 heavy (non-hydrogen) atoms. The summed E-state index contributed by atoms with van der Waals surface area (Å²) in [7, 11) is 3.59. The summed E-state index contributed by atoms with van der Waals surface area (Å²) in [4.78, 5) is 13.3. The monoisotopic (exact) mass is 265 g/mol.